The molecule has 0 aliphatic heterocycles. The molecule has 2 rings (SSSR count). The van der Waals surface area contributed by atoms with Crippen molar-refractivity contribution < 1.29 is 0 Å². The Bertz CT molecular complexity index is 575. The van der Waals surface area contributed by atoms with E-state index in [0.29, 0.717) is 12.0 Å². The highest BCUT2D eigenvalue weighted by Crippen LogP contribution is 2.11. The molecule has 0 saturated heterocycles. The van der Waals surface area contributed by atoms with Gasteiger partial charge in [-0.05, 0) is 37.5 Å². The maximum atomic E-state index is 5.96. The third-order valence-corrected chi connectivity index (χ3v) is 3.39. The standard InChI is InChI=1S/C15H20ClN5/c1-3-11(2)19-14-10-18-21-15(20-14)17-8-7-12-5-4-6-13(16)9-12/h4-6,9-11H,3,7-8H2,1-2H3,(H2,17,19,20,21). The Morgan fingerprint density at radius 2 is 2.19 bits per heavy atom. The number of aromatic nitrogens is 3. The Labute approximate surface area is 130 Å². The van der Waals surface area contributed by atoms with Crippen molar-refractivity contribution in [1.82, 2.24) is 15.2 Å². The van der Waals surface area contributed by atoms with Crippen molar-refractivity contribution in [3.63, 3.8) is 0 Å². The zero-order valence-electron chi connectivity index (χ0n) is 12.3. The lowest BCUT2D eigenvalue weighted by Gasteiger charge is -2.12. The highest BCUT2D eigenvalue weighted by Gasteiger charge is 2.03. The molecule has 0 amide bonds. The molecule has 0 saturated carbocycles. The van der Waals surface area contributed by atoms with E-state index < -0.39 is 0 Å². The molecule has 2 N–H and O–H groups in total. The van der Waals surface area contributed by atoms with E-state index >= 15 is 0 Å². The number of hydrogen-bond acceptors (Lipinski definition) is 5. The average Bonchev–Trinajstić information content (AvgIpc) is 2.47. The molecule has 1 unspecified atom stereocenters. The fourth-order valence-corrected chi connectivity index (χ4v) is 2.03. The lowest BCUT2D eigenvalue weighted by atomic mass is 10.1. The molecule has 112 valence electrons. The topological polar surface area (TPSA) is 62.7 Å². The van der Waals surface area contributed by atoms with Crippen LogP contribution in [-0.2, 0) is 6.42 Å². The van der Waals surface area contributed by atoms with Crippen molar-refractivity contribution in [2.45, 2.75) is 32.7 Å². The zero-order valence-corrected chi connectivity index (χ0v) is 13.1. The van der Waals surface area contributed by atoms with Crippen LogP contribution in [0.3, 0.4) is 0 Å². The number of anilines is 2. The molecule has 1 heterocycles. The number of hydrogen-bond donors (Lipinski definition) is 2. The molecule has 0 bridgehead atoms. The molecule has 0 radical (unpaired) electrons. The SMILES string of the molecule is CCC(C)Nc1cnnc(NCCc2cccc(Cl)c2)n1. The van der Waals surface area contributed by atoms with E-state index in [2.05, 4.69) is 39.7 Å². The smallest absolute Gasteiger partial charge is 0.244 e. The van der Waals surface area contributed by atoms with Crippen LogP contribution in [-0.4, -0.2) is 27.8 Å². The molecular weight excluding hydrogens is 286 g/mol. The summed E-state index contributed by atoms with van der Waals surface area (Å²) < 4.78 is 0. The molecule has 5 nitrogen and oxygen atoms in total. The van der Waals surface area contributed by atoms with E-state index in [1.807, 2.05) is 24.3 Å². The first-order chi connectivity index (χ1) is 10.2. The summed E-state index contributed by atoms with van der Waals surface area (Å²) in [5.74, 6) is 1.27. The lowest BCUT2D eigenvalue weighted by molar-refractivity contribution is 0.755. The van der Waals surface area contributed by atoms with Crippen LogP contribution in [0.1, 0.15) is 25.8 Å². The molecule has 21 heavy (non-hydrogen) atoms. The van der Waals surface area contributed by atoms with Gasteiger partial charge in [-0.25, -0.2) is 0 Å². The fraction of sp³-hybridized carbons (Fsp3) is 0.400. The molecule has 1 aromatic carbocycles. The Morgan fingerprint density at radius 1 is 1.33 bits per heavy atom. The van der Waals surface area contributed by atoms with Crippen LogP contribution in [0.25, 0.3) is 0 Å². The Hall–Kier alpha value is -1.88. The number of nitrogens with one attached hydrogen (secondary N) is 2. The summed E-state index contributed by atoms with van der Waals surface area (Å²) in [6.45, 7) is 4.96. The number of benzene rings is 1. The first-order valence-corrected chi connectivity index (χ1v) is 7.49. The predicted octanol–water partition coefficient (Wildman–Crippen LogP) is 3.39. The monoisotopic (exact) mass is 305 g/mol. The van der Waals surface area contributed by atoms with Crippen LogP contribution in [0.5, 0.6) is 0 Å². The van der Waals surface area contributed by atoms with Gasteiger partial charge >= 0.3 is 0 Å². The summed E-state index contributed by atoms with van der Waals surface area (Å²) in [5, 5.41) is 15.1. The minimum absolute atomic E-state index is 0.362. The molecule has 0 aliphatic rings. The summed E-state index contributed by atoms with van der Waals surface area (Å²) in [6, 6.07) is 8.19. The van der Waals surface area contributed by atoms with Crippen LogP contribution >= 0.6 is 11.6 Å². The van der Waals surface area contributed by atoms with E-state index in [9.17, 15) is 0 Å². The van der Waals surface area contributed by atoms with Crippen molar-refractivity contribution >= 4 is 23.4 Å². The Balaban J connectivity index is 1.87. The normalized spacial score (nSPS) is 12.0. The molecule has 0 aliphatic carbocycles. The fourth-order valence-electron chi connectivity index (χ4n) is 1.81. The maximum absolute atomic E-state index is 5.96. The van der Waals surface area contributed by atoms with Gasteiger partial charge in [0, 0.05) is 17.6 Å². The van der Waals surface area contributed by atoms with Gasteiger partial charge in [0.25, 0.3) is 0 Å². The Morgan fingerprint density at radius 3 is 2.95 bits per heavy atom. The van der Waals surface area contributed by atoms with Gasteiger partial charge in [-0.2, -0.15) is 10.1 Å². The molecule has 6 heteroatoms. The zero-order chi connectivity index (χ0) is 15.1. The second-order valence-corrected chi connectivity index (χ2v) is 5.36. The van der Waals surface area contributed by atoms with E-state index in [4.69, 9.17) is 11.6 Å². The highest BCUT2D eigenvalue weighted by atomic mass is 35.5. The number of halogens is 1. The van der Waals surface area contributed by atoms with Crippen LogP contribution in [0.2, 0.25) is 5.02 Å². The summed E-state index contributed by atoms with van der Waals surface area (Å²) in [5.41, 5.74) is 1.18. The van der Waals surface area contributed by atoms with Crippen LogP contribution < -0.4 is 10.6 Å². The van der Waals surface area contributed by atoms with Crippen molar-refractivity contribution in [3.05, 3.63) is 41.0 Å². The first-order valence-electron chi connectivity index (χ1n) is 7.12. The van der Waals surface area contributed by atoms with Gasteiger partial charge in [0.1, 0.15) is 0 Å². The van der Waals surface area contributed by atoms with Gasteiger partial charge in [0.2, 0.25) is 5.95 Å². The molecule has 1 atom stereocenters. The minimum Gasteiger partial charge on any atom is -0.366 e. The first kappa shape index (κ1) is 15.5. The second-order valence-electron chi connectivity index (χ2n) is 4.93. The predicted molar refractivity (Wildman–Crippen MR) is 86.8 cm³/mol. The minimum atomic E-state index is 0.362. The summed E-state index contributed by atoms with van der Waals surface area (Å²) in [6.07, 6.45) is 3.52. The van der Waals surface area contributed by atoms with Gasteiger partial charge in [-0.3, -0.25) is 0 Å². The third kappa shape index (κ3) is 5.19. The average molecular weight is 306 g/mol. The van der Waals surface area contributed by atoms with Crippen LogP contribution in [0.15, 0.2) is 30.5 Å². The van der Waals surface area contributed by atoms with Crippen molar-refractivity contribution in [3.8, 4) is 0 Å². The Kier molecular flexibility index (Phi) is 5.75. The van der Waals surface area contributed by atoms with Gasteiger partial charge in [-0.1, -0.05) is 30.7 Å². The van der Waals surface area contributed by atoms with E-state index in [0.717, 1.165) is 30.2 Å². The van der Waals surface area contributed by atoms with Gasteiger partial charge in [-0.15, -0.1) is 5.10 Å². The molecular formula is C15H20ClN5. The summed E-state index contributed by atoms with van der Waals surface area (Å²) in [7, 11) is 0. The van der Waals surface area contributed by atoms with Crippen LogP contribution in [0, 0.1) is 0 Å². The van der Waals surface area contributed by atoms with Crippen molar-refractivity contribution in [1.29, 1.82) is 0 Å². The van der Waals surface area contributed by atoms with Gasteiger partial charge in [0.05, 0.1) is 6.20 Å². The number of nitrogens with zero attached hydrogens (tertiary/aromatic N) is 3. The summed E-state index contributed by atoms with van der Waals surface area (Å²) >= 11 is 5.96. The van der Waals surface area contributed by atoms with Crippen molar-refractivity contribution in [2.24, 2.45) is 0 Å². The quantitative estimate of drug-likeness (QED) is 0.821. The van der Waals surface area contributed by atoms with Crippen LogP contribution in [0.4, 0.5) is 11.8 Å². The molecule has 1 aromatic heterocycles. The van der Waals surface area contributed by atoms with E-state index in [1.165, 1.54) is 5.56 Å². The second kappa shape index (κ2) is 7.78. The largest absolute Gasteiger partial charge is 0.366 e. The van der Waals surface area contributed by atoms with Gasteiger partial charge in [0.15, 0.2) is 5.82 Å². The van der Waals surface area contributed by atoms with E-state index in [-0.39, 0.29) is 0 Å². The molecule has 0 spiro atoms. The summed E-state index contributed by atoms with van der Waals surface area (Å²) in [4.78, 5) is 4.39. The molecule has 0 fully saturated rings. The van der Waals surface area contributed by atoms with Gasteiger partial charge < -0.3 is 10.6 Å². The molecule has 2 aromatic rings. The van der Waals surface area contributed by atoms with Crippen molar-refractivity contribution in [2.75, 3.05) is 17.2 Å². The third-order valence-electron chi connectivity index (χ3n) is 3.15. The lowest BCUT2D eigenvalue weighted by Crippen LogP contribution is -2.16. The number of rotatable bonds is 7. The maximum Gasteiger partial charge on any atom is 0.244 e. The highest BCUT2D eigenvalue weighted by molar-refractivity contribution is 6.30. The van der Waals surface area contributed by atoms with E-state index in [1.54, 1.807) is 6.20 Å².